The molecular formula is C16H26N4O6. The molecule has 4 unspecified atom stereocenters. The largest absolute Gasteiger partial charge is 0.480 e. The molecule has 5 N–H and O–H groups in total. The van der Waals surface area contributed by atoms with Gasteiger partial charge in [0, 0.05) is 13.1 Å². The zero-order valence-corrected chi connectivity index (χ0v) is 14.8. The van der Waals surface area contributed by atoms with Crippen LogP contribution in [0.15, 0.2) is 0 Å². The quantitative estimate of drug-likeness (QED) is 0.417. The highest BCUT2D eigenvalue weighted by molar-refractivity contribution is 5.93. The Morgan fingerprint density at radius 3 is 2.27 bits per heavy atom. The first kappa shape index (κ1) is 20.1. The minimum Gasteiger partial charge on any atom is -0.480 e. The van der Waals surface area contributed by atoms with E-state index in [0.717, 1.165) is 0 Å². The molecule has 2 heterocycles. The molecule has 10 nitrogen and oxygen atoms in total. The van der Waals surface area contributed by atoms with Crippen LogP contribution in [0, 0.1) is 0 Å². The highest BCUT2D eigenvalue weighted by Gasteiger charge is 2.38. The average molecular weight is 370 g/mol. The molecule has 0 aliphatic carbocycles. The molecule has 10 heteroatoms. The van der Waals surface area contributed by atoms with Crippen molar-refractivity contribution in [1.82, 2.24) is 15.1 Å². The first-order valence-electron chi connectivity index (χ1n) is 8.78. The highest BCUT2D eigenvalue weighted by Crippen LogP contribution is 2.19. The van der Waals surface area contributed by atoms with Gasteiger partial charge in [-0.3, -0.25) is 14.4 Å². The number of carboxylic acid groups (broad SMARTS) is 1. The monoisotopic (exact) mass is 370 g/mol. The van der Waals surface area contributed by atoms with E-state index < -0.39 is 47.9 Å². The number of rotatable bonds is 6. The summed E-state index contributed by atoms with van der Waals surface area (Å²) in [6.07, 6.45) is 1.05. The molecule has 0 aromatic rings. The van der Waals surface area contributed by atoms with Gasteiger partial charge in [0.25, 0.3) is 0 Å². The molecule has 0 saturated carbocycles. The maximum absolute atomic E-state index is 12.4. The third kappa shape index (κ3) is 4.31. The number of carbonyl (C=O) groups is 4. The molecule has 4 atom stereocenters. The maximum atomic E-state index is 12.4. The molecule has 0 bridgehead atoms. The number of carboxylic acids is 1. The Morgan fingerprint density at radius 2 is 1.69 bits per heavy atom. The van der Waals surface area contributed by atoms with E-state index in [2.05, 4.69) is 5.32 Å². The Balaban J connectivity index is 1.91. The van der Waals surface area contributed by atoms with E-state index >= 15 is 0 Å². The number of nitrogens with one attached hydrogen (secondary N) is 1. The number of aliphatic carboxylic acids is 1. The molecule has 146 valence electrons. The first-order chi connectivity index (χ1) is 12.2. The first-order valence-corrected chi connectivity index (χ1v) is 8.78. The van der Waals surface area contributed by atoms with E-state index in [-0.39, 0.29) is 6.54 Å². The molecule has 0 spiro atoms. The van der Waals surface area contributed by atoms with Crippen LogP contribution in [0.2, 0.25) is 0 Å². The molecule has 2 aliphatic rings. The molecule has 2 saturated heterocycles. The lowest BCUT2D eigenvalue weighted by Crippen LogP contribution is -2.55. The predicted octanol–water partition coefficient (Wildman–Crippen LogP) is -2.12. The summed E-state index contributed by atoms with van der Waals surface area (Å²) in [6, 6.07) is -2.70. The summed E-state index contributed by atoms with van der Waals surface area (Å²) in [6.45, 7) is 1.80. The third-order valence-corrected chi connectivity index (χ3v) is 4.92. The Hall–Kier alpha value is -2.20. The zero-order valence-electron chi connectivity index (χ0n) is 14.8. The second kappa shape index (κ2) is 8.45. The minimum atomic E-state index is -1.11. The molecular weight excluding hydrogens is 344 g/mol. The summed E-state index contributed by atoms with van der Waals surface area (Å²) < 4.78 is 0. The highest BCUT2D eigenvalue weighted by atomic mass is 16.4. The number of hydrogen-bond donors (Lipinski definition) is 4. The summed E-state index contributed by atoms with van der Waals surface area (Å²) in [5.41, 5.74) is 5.66. The zero-order chi connectivity index (χ0) is 19.4. The normalized spacial score (nSPS) is 25.0. The van der Waals surface area contributed by atoms with E-state index in [1.165, 1.54) is 16.7 Å². The van der Waals surface area contributed by atoms with Crippen LogP contribution in [0.5, 0.6) is 0 Å². The van der Waals surface area contributed by atoms with Gasteiger partial charge in [-0.15, -0.1) is 0 Å². The van der Waals surface area contributed by atoms with Gasteiger partial charge in [0.15, 0.2) is 0 Å². The Labute approximate surface area is 151 Å². The SMILES string of the molecule is CC(O)C(N)C(=O)N1CCCC1C(=O)NCC(=O)N1CCCC1C(=O)O. The van der Waals surface area contributed by atoms with E-state index in [0.29, 0.717) is 38.8 Å². The van der Waals surface area contributed by atoms with Crippen LogP contribution >= 0.6 is 0 Å². The van der Waals surface area contributed by atoms with Gasteiger partial charge in [0.2, 0.25) is 17.7 Å². The van der Waals surface area contributed by atoms with Crippen molar-refractivity contribution < 1.29 is 29.4 Å². The maximum Gasteiger partial charge on any atom is 0.326 e. The number of likely N-dealkylation sites (tertiary alicyclic amines) is 2. The molecule has 2 fully saturated rings. The van der Waals surface area contributed by atoms with Gasteiger partial charge in [-0.25, -0.2) is 4.79 Å². The second-order valence-electron chi connectivity index (χ2n) is 6.76. The van der Waals surface area contributed by atoms with Gasteiger partial charge in [0.1, 0.15) is 18.1 Å². The number of carbonyl (C=O) groups excluding carboxylic acids is 3. The van der Waals surface area contributed by atoms with Crippen LogP contribution in [0.4, 0.5) is 0 Å². The lowest BCUT2D eigenvalue weighted by Gasteiger charge is -2.28. The summed E-state index contributed by atoms with van der Waals surface area (Å²) in [5.74, 6) is -2.50. The number of nitrogens with two attached hydrogens (primary N) is 1. The Bertz CT molecular complexity index is 581. The molecule has 2 rings (SSSR count). The molecule has 0 aromatic carbocycles. The number of hydrogen-bond acceptors (Lipinski definition) is 6. The minimum absolute atomic E-state index is 0.316. The standard InChI is InChI=1S/C16H26N4O6/c1-9(21)13(17)15(24)20-7-2-4-10(20)14(23)18-8-12(22)19-6-3-5-11(19)16(25)26/h9-11,13,21H,2-8,17H2,1H3,(H,18,23)(H,25,26). The van der Waals surface area contributed by atoms with Gasteiger partial charge in [-0.2, -0.15) is 0 Å². The van der Waals surface area contributed by atoms with Crippen molar-refractivity contribution in [2.75, 3.05) is 19.6 Å². The van der Waals surface area contributed by atoms with Gasteiger partial charge in [-0.05, 0) is 32.6 Å². The van der Waals surface area contributed by atoms with Crippen LogP contribution in [0.1, 0.15) is 32.6 Å². The summed E-state index contributed by atoms with van der Waals surface area (Å²) >= 11 is 0. The third-order valence-electron chi connectivity index (χ3n) is 4.92. The van der Waals surface area contributed by atoms with Crippen LogP contribution in [0.25, 0.3) is 0 Å². The Kier molecular flexibility index (Phi) is 6.54. The van der Waals surface area contributed by atoms with Crippen LogP contribution < -0.4 is 11.1 Å². The van der Waals surface area contributed by atoms with Crippen molar-refractivity contribution in [3.8, 4) is 0 Å². The predicted molar refractivity (Wildman–Crippen MR) is 89.8 cm³/mol. The molecule has 0 radical (unpaired) electrons. The summed E-state index contributed by atoms with van der Waals surface area (Å²) in [7, 11) is 0. The number of aliphatic hydroxyl groups excluding tert-OH is 1. The fourth-order valence-corrected chi connectivity index (χ4v) is 3.40. The van der Waals surface area contributed by atoms with E-state index in [1.807, 2.05) is 0 Å². The topological polar surface area (TPSA) is 153 Å². The number of aliphatic hydroxyl groups is 1. The van der Waals surface area contributed by atoms with Crippen molar-refractivity contribution in [3.05, 3.63) is 0 Å². The number of amides is 3. The van der Waals surface area contributed by atoms with E-state index in [1.54, 1.807) is 0 Å². The lowest BCUT2D eigenvalue weighted by atomic mass is 10.1. The smallest absolute Gasteiger partial charge is 0.326 e. The van der Waals surface area contributed by atoms with Crippen molar-refractivity contribution in [1.29, 1.82) is 0 Å². The summed E-state index contributed by atoms with van der Waals surface area (Å²) in [4.78, 5) is 50.6. The second-order valence-corrected chi connectivity index (χ2v) is 6.76. The van der Waals surface area contributed by atoms with Crippen molar-refractivity contribution in [2.45, 2.75) is 56.8 Å². The molecule has 0 aromatic heterocycles. The van der Waals surface area contributed by atoms with E-state index in [4.69, 9.17) is 10.8 Å². The van der Waals surface area contributed by atoms with Gasteiger partial charge in [0.05, 0.1) is 12.6 Å². The molecule has 26 heavy (non-hydrogen) atoms. The fourth-order valence-electron chi connectivity index (χ4n) is 3.40. The van der Waals surface area contributed by atoms with Crippen molar-refractivity contribution in [2.24, 2.45) is 5.73 Å². The molecule has 3 amide bonds. The molecule has 2 aliphatic heterocycles. The van der Waals surface area contributed by atoms with E-state index in [9.17, 15) is 24.3 Å². The van der Waals surface area contributed by atoms with Crippen LogP contribution in [-0.2, 0) is 19.2 Å². The summed E-state index contributed by atoms with van der Waals surface area (Å²) in [5, 5.41) is 21.1. The van der Waals surface area contributed by atoms with Gasteiger partial charge in [-0.1, -0.05) is 0 Å². The van der Waals surface area contributed by atoms with Crippen molar-refractivity contribution >= 4 is 23.7 Å². The number of nitrogens with zero attached hydrogens (tertiary/aromatic N) is 2. The van der Waals surface area contributed by atoms with Crippen LogP contribution in [-0.4, -0.2) is 87.6 Å². The average Bonchev–Trinajstić information content (AvgIpc) is 3.26. The van der Waals surface area contributed by atoms with Crippen LogP contribution in [0.3, 0.4) is 0 Å². The fraction of sp³-hybridized carbons (Fsp3) is 0.750. The van der Waals surface area contributed by atoms with Gasteiger partial charge < -0.3 is 31.1 Å². The Morgan fingerprint density at radius 1 is 1.12 bits per heavy atom. The lowest BCUT2D eigenvalue weighted by molar-refractivity contribution is -0.148. The van der Waals surface area contributed by atoms with Gasteiger partial charge >= 0.3 is 5.97 Å². The van der Waals surface area contributed by atoms with Crippen molar-refractivity contribution in [3.63, 3.8) is 0 Å².